The molecule has 13 heavy (non-hydrogen) atoms. The van der Waals surface area contributed by atoms with Crippen molar-refractivity contribution in [3.63, 3.8) is 0 Å². The van der Waals surface area contributed by atoms with Crippen LogP contribution in [0.15, 0.2) is 18.2 Å². The van der Waals surface area contributed by atoms with Gasteiger partial charge in [-0.3, -0.25) is 0 Å². The number of halogens is 1. The molecular formula is C10H13IO2. The average Bonchev–Trinajstić information content (AvgIpc) is 2.11. The van der Waals surface area contributed by atoms with Gasteiger partial charge in [0.05, 0.1) is 6.61 Å². The molecule has 1 aromatic rings. The van der Waals surface area contributed by atoms with Gasteiger partial charge in [-0.1, -0.05) is 6.07 Å². The Balaban J connectivity index is 2.59. The Morgan fingerprint density at radius 3 is 2.77 bits per heavy atom. The van der Waals surface area contributed by atoms with Gasteiger partial charge in [-0.15, -0.1) is 0 Å². The summed E-state index contributed by atoms with van der Waals surface area (Å²) in [4.78, 5) is 0. The molecule has 0 spiro atoms. The molecule has 0 aromatic heterocycles. The molecule has 1 aromatic carbocycles. The Morgan fingerprint density at radius 1 is 1.31 bits per heavy atom. The molecule has 0 amide bonds. The van der Waals surface area contributed by atoms with Gasteiger partial charge in [0.25, 0.3) is 0 Å². The van der Waals surface area contributed by atoms with Gasteiger partial charge < -0.3 is 9.47 Å². The molecule has 3 heteroatoms. The first-order chi connectivity index (χ1) is 6.24. The standard InChI is InChI=1S/C10H13IO2/c1-8-3-4-9(11)7-10(8)13-6-5-12-2/h3-4,7H,5-6H2,1-2H3. The van der Waals surface area contributed by atoms with Crippen molar-refractivity contribution < 1.29 is 9.47 Å². The molecule has 0 aliphatic heterocycles. The fraction of sp³-hybridized carbons (Fsp3) is 0.400. The topological polar surface area (TPSA) is 18.5 Å². The quantitative estimate of drug-likeness (QED) is 0.627. The highest BCUT2D eigenvalue weighted by atomic mass is 127. The number of ether oxygens (including phenoxy) is 2. The van der Waals surface area contributed by atoms with Crippen LogP contribution in [-0.4, -0.2) is 20.3 Å². The molecule has 0 atom stereocenters. The lowest BCUT2D eigenvalue weighted by Crippen LogP contribution is -2.05. The predicted molar refractivity (Wildman–Crippen MR) is 61.3 cm³/mol. The number of rotatable bonds is 4. The van der Waals surface area contributed by atoms with E-state index in [1.165, 1.54) is 3.57 Å². The number of benzene rings is 1. The normalized spacial score (nSPS) is 10.1. The van der Waals surface area contributed by atoms with Crippen molar-refractivity contribution >= 4 is 22.6 Å². The monoisotopic (exact) mass is 292 g/mol. The molecule has 0 saturated carbocycles. The smallest absolute Gasteiger partial charge is 0.123 e. The van der Waals surface area contributed by atoms with E-state index >= 15 is 0 Å². The van der Waals surface area contributed by atoms with Crippen LogP contribution in [0.25, 0.3) is 0 Å². The summed E-state index contributed by atoms with van der Waals surface area (Å²) in [6, 6.07) is 6.16. The molecule has 0 unspecified atom stereocenters. The third-order valence-corrected chi connectivity index (χ3v) is 2.37. The van der Waals surface area contributed by atoms with Crippen LogP contribution in [0, 0.1) is 10.5 Å². The second-order valence-electron chi connectivity index (χ2n) is 2.75. The first-order valence-corrected chi connectivity index (χ1v) is 5.20. The van der Waals surface area contributed by atoms with Crippen molar-refractivity contribution in [2.24, 2.45) is 0 Å². The summed E-state index contributed by atoms with van der Waals surface area (Å²) < 4.78 is 11.6. The average molecular weight is 292 g/mol. The van der Waals surface area contributed by atoms with E-state index in [1.807, 2.05) is 13.0 Å². The van der Waals surface area contributed by atoms with Crippen molar-refractivity contribution in [1.29, 1.82) is 0 Å². The fourth-order valence-electron chi connectivity index (χ4n) is 0.964. The summed E-state index contributed by atoms with van der Waals surface area (Å²) in [7, 11) is 1.67. The van der Waals surface area contributed by atoms with Crippen LogP contribution in [0.1, 0.15) is 5.56 Å². The number of aryl methyl sites for hydroxylation is 1. The largest absolute Gasteiger partial charge is 0.491 e. The molecular weight excluding hydrogens is 279 g/mol. The van der Waals surface area contributed by atoms with E-state index < -0.39 is 0 Å². The summed E-state index contributed by atoms with van der Waals surface area (Å²) in [6.07, 6.45) is 0. The maximum Gasteiger partial charge on any atom is 0.123 e. The van der Waals surface area contributed by atoms with Crippen LogP contribution in [0.2, 0.25) is 0 Å². The number of hydrogen-bond acceptors (Lipinski definition) is 2. The van der Waals surface area contributed by atoms with Crippen LogP contribution in [0.4, 0.5) is 0 Å². The van der Waals surface area contributed by atoms with E-state index in [2.05, 4.69) is 34.7 Å². The Bertz CT molecular complexity index is 274. The minimum atomic E-state index is 0.609. The lowest BCUT2D eigenvalue weighted by atomic mass is 10.2. The van der Waals surface area contributed by atoms with Crippen molar-refractivity contribution in [3.05, 3.63) is 27.3 Å². The predicted octanol–water partition coefficient (Wildman–Crippen LogP) is 2.62. The SMILES string of the molecule is COCCOc1cc(I)ccc1C. The molecule has 0 bridgehead atoms. The third kappa shape index (κ3) is 3.52. The summed E-state index contributed by atoms with van der Waals surface area (Å²) in [5.41, 5.74) is 1.16. The zero-order valence-electron chi connectivity index (χ0n) is 7.84. The van der Waals surface area contributed by atoms with E-state index in [9.17, 15) is 0 Å². The van der Waals surface area contributed by atoms with Crippen LogP contribution < -0.4 is 4.74 Å². The molecule has 2 nitrogen and oxygen atoms in total. The first kappa shape index (κ1) is 10.8. The second-order valence-corrected chi connectivity index (χ2v) is 4.00. The highest BCUT2D eigenvalue weighted by Crippen LogP contribution is 2.20. The Morgan fingerprint density at radius 2 is 2.08 bits per heavy atom. The summed E-state index contributed by atoms with van der Waals surface area (Å²) in [6.45, 7) is 3.28. The van der Waals surface area contributed by atoms with E-state index in [0.29, 0.717) is 13.2 Å². The molecule has 72 valence electrons. The number of hydrogen-bond donors (Lipinski definition) is 0. The van der Waals surface area contributed by atoms with Gasteiger partial charge in [-0.25, -0.2) is 0 Å². The van der Waals surface area contributed by atoms with E-state index in [4.69, 9.17) is 9.47 Å². The molecule has 0 heterocycles. The highest BCUT2D eigenvalue weighted by molar-refractivity contribution is 14.1. The van der Waals surface area contributed by atoms with Gasteiger partial charge in [0.2, 0.25) is 0 Å². The Labute approximate surface area is 92.4 Å². The van der Waals surface area contributed by atoms with Gasteiger partial charge in [0.1, 0.15) is 12.4 Å². The summed E-state index contributed by atoms with van der Waals surface area (Å²) in [5, 5.41) is 0. The minimum Gasteiger partial charge on any atom is -0.491 e. The van der Waals surface area contributed by atoms with Gasteiger partial charge in [-0.2, -0.15) is 0 Å². The van der Waals surface area contributed by atoms with Crippen LogP contribution in [-0.2, 0) is 4.74 Å². The van der Waals surface area contributed by atoms with E-state index in [1.54, 1.807) is 7.11 Å². The van der Waals surface area contributed by atoms with Crippen molar-refractivity contribution in [1.82, 2.24) is 0 Å². The molecule has 0 aliphatic rings. The van der Waals surface area contributed by atoms with Gasteiger partial charge in [0, 0.05) is 10.7 Å². The van der Waals surface area contributed by atoms with E-state index in [-0.39, 0.29) is 0 Å². The molecule has 0 aliphatic carbocycles. The van der Waals surface area contributed by atoms with Gasteiger partial charge >= 0.3 is 0 Å². The molecule has 0 N–H and O–H groups in total. The molecule has 0 saturated heterocycles. The lowest BCUT2D eigenvalue weighted by Gasteiger charge is -2.08. The summed E-state index contributed by atoms with van der Waals surface area (Å²) in [5.74, 6) is 0.948. The number of methoxy groups -OCH3 is 1. The summed E-state index contributed by atoms with van der Waals surface area (Å²) >= 11 is 2.27. The van der Waals surface area contributed by atoms with Crippen LogP contribution in [0.5, 0.6) is 5.75 Å². The Hall–Kier alpha value is -0.290. The van der Waals surface area contributed by atoms with Crippen molar-refractivity contribution in [3.8, 4) is 5.75 Å². The first-order valence-electron chi connectivity index (χ1n) is 4.12. The fourth-order valence-corrected chi connectivity index (χ4v) is 1.43. The second kappa shape index (κ2) is 5.44. The zero-order chi connectivity index (χ0) is 9.68. The zero-order valence-corrected chi connectivity index (χ0v) is 10.00. The molecule has 0 fully saturated rings. The maximum atomic E-state index is 5.53. The van der Waals surface area contributed by atoms with Crippen molar-refractivity contribution in [2.45, 2.75) is 6.92 Å². The minimum absolute atomic E-state index is 0.609. The van der Waals surface area contributed by atoms with Gasteiger partial charge in [-0.05, 0) is 47.2 Å². The lowest BCUT2D eigenvalue weighted by molar-refractivity contribution is 0.146. The van der Waals surface area contributed by atoms with E-state index in [0.717, 1.165) is 11.3 Å². The van der Waals surface area contributed by atoms with Crippen LogP contribution >= 0.6 is 22.6 Å². The highest BCUT2D eigenvalue weighted by Gasteiger charge is 1.99. The van der Waals surface area contributed by atoms with Crippen molar-refractivity contribution in [2.75, 3.05) is 20.3 Å². The maximum absolute atomic E-state index is 5.53. The van der Waals surface area contributed by atoms with Gasteiger partial charge in [0.15, 0.2) is 0 Å². The molecule has 1 rings (SSSR count). The Kier molecular flexibility index (Phi) is 4.52. The molecule has 0 radical (unpaired) electrons. The van der Waals surface area contributed by atoms with Crippen LogP contribution in [0.3, 0.4) is 0 Å². The third-order valence-electron chi connectivity index (χ3n) is 1.70.